The van der Waals surface area contributed by atoms with Crippen LogP contribution < -0.4 is 9.47 Å². The van der Waals surface area contributed by atoms with Crippen LogP contribution in [0.2, 0.25) is 0 Å². The molecule has 6 rings (SSSR count). The number of urea groups is 1. The van der Waals surface area contributed by atoms with E-state index in [-0.39, 0.29) is 11.6 Å². The van der Waals surface area contributed by atoms with Gasteiger partial charge in [-0.25, -0.2) is 4.79 Å². The lowest BCUT2D eigenvalue weighted by molar-refractivity contribution is 0.0890. The van der Waals surface area contributed by atoms with Gasteiger partial charge in [0.25, 0.3) is 0 Å². The molecule has 2 amide bonds. The molecule has 0 atom stereocenters. The number of allylic oxidation sites excluding steroid dienone is 1. The molecule has 37 heavy (non-hydrogen) atoms. The predicted molar refractivity (Wildman–Crippen MR) is 145 cm³/mol. The zero-order valence-electron chi connectivity index (χ0n) is 22.3. The summed E-state index contributed by atoms with van der Waals surface area (Å²) >= 11 is 0. The summed E-state index contributed by atoms with van der Waals surface area (Å²) in [5.41, 5.74) is 5.80. The molecule has 1 spiro atoms. The van der Waals surface area contributed by atoms with Gasteiger partial charge in [-0.3, -0.25) is 9.80 Å². The quantitative estimate of drug-likeness (QED) is 0.499. The number of amides is 2. The number of carbonyl (C=O) groups is 1. The van der Waals surface area contributed by atoms with Gasteiger partial charge in [0.1, 0.15) is 11.5 Å². The third-order valence-electron chi connectivity index (χ3n) is 8.68. The Morgan fingerprint density at radius 3 is 2.57 bits per heavy atom. The fourth-order valence-electron chi connectivity index (χ4n) is 6.83. The van der Waals surface area contributed by atoms with Crippen LogP contribution in [0.3, 0.4) is 0 Å². The third kappa shape index (κ3) is 3.71. The number of para-hydroxylation sites is 1. The first-order chi connectivity index (χ1) is 18.0. The number of carbonyl (C=O) groups excluding carboxylic acids is 1. The van der Waals surface area contributed by atoms with E-state index in [1.807, 2.05) is 11.0 Å². The Bertz CT molecular complexity index is 1380. The Morgan fingerprint density at radius 1 is 1.05 bits per heavy atom. The number of ether oxygens (including phenoxy) is 2. The maximum Gasteiger partial charge on any atom is 0.325 e. The summed E-state index contributed by atoms with van der Waals surface area (Å²) in [5.74, 6) is 1.58. The Kier molecular flexibility index (Phi) is 5.91. The average Bonchev–Trinajstić information content (AvgIpc) is 3.23. The molecule has 0 saturated carbocycles. The molecular weight excluding hydrogens is 464 g/mol. The van der Waals surface area contributed by atoms with Crippen LogP contribution >= 0.6 is 0 Å². The van der Waals surface area contributed by atoms with E-state index >= 15 is 0 Å². The number of hydrogen-bond donors (Lipinski definition) is 0. The zero-order chi connectivity index (χ0) is 25.7. The van der Waals surface area contributed by atoms with Crippen molar-refractivity contribution in [3.8, 4) is 11.5 Å². The molecule has 0 unspecified atom stereocenters. The summed E-state index contributed by atoms with van der Waals surface area (Å²) < 4.78 is 13.5. The molecular formula is C30H36N4O3. The summed E-state index contributed by atoms with van der Waals surface area (Å²) in [4.78, 5) is 20.4. The molecule has 2 fully saturated rings. The summed E-state index contributed by atoms with van der Waals surface area (Å²) in [6, 6.07) is 12.7. The minimum atomic E-state index is -0.250. The summed E-state index contributed by atoms with van der Waals surface area (Å²) in [6.07, 6.45) is 7.18. The van der Waals surface area contributed by atoms with Gasteiger partial charge in [0.2, 0.25) is 0 Å². The molecule has 0 aliphatic carbocycles. The standard InChI is InChI=1S/C30H36N4O3/c1-5-34-29(35)33-20-21-16-23(36-3)17-27(37-4)25(21)10-11-28(33)30(34)12-14-32(15-13-30)19-22-18-31(2)26-9-7-6-8-24(22)26/h6-9,11,16-18H,5,10,12-15,19-20H2,1-4H3. The molecule has 4 heterocycles. The fourth-order valence-corrected chi connectivity index (χ4v) is 6.83. The number of likely N-dealkylation sites (N-methyl/N-ethyl adjacent to an activating group) is 1. The summed E-state index contributed by atoms with van der Waals surface area (Å²) in [7, 11) is 5.49. The van der Waals surface area contributed by atoms with E-state index in [9.17, 15) is 4.79 Å². The molecule has 0 bridgehead atoms. The lowest BCUT2D eigenvalue weighted by atomic mass is 9.83. The topological polar surface area (TPSA) is 50.2 Å². The van der Waals surface area contributed by atoms with Crippen LogP contribution in [-0.2, 0) is 26.6 Å². The number of aromatic nitrogens is 1. The fraction of sp³-hybridized carbons (Fsp3) is 0.433. The van der Waals surface area contributed by atoms with Gasteiger partial charge in [-0.2, -0.15) is 0 Å². The largest absolute Gasteiger partial charge is 0.497 e. The summed E-state index contributed by atoms with van der Waals surface area (Å²) in [5, 5.41) is 1.33. The van der Waals surface area contributed by atoms with Crippen LogP contribution in [0.25, 0.3) is 10.9 Å². The van der Waals surface area contributed by atoms with Crippen LogP contribution in [0.5, 0.6) is 11.5 Å². The Balaban J connectivity index is 1.28. The minimum Gasteiger partial charge on any atom is -0.497 e. The van der Waals surface area contributed by atoms with E-state index in [0.29, 0.717) is 13.1 Å². The van der Waals surface area contributed by atoms with Crippen molar-refractivity contribution in [3.05, 3.63) is 71.1 Å². The van der Waals surface area contributed by atoms with Crippen LogP contribution in [0.15, 0.2) is 54.4 Å². The number of methoxy groups -OCH3 is 2. The lowest BCUT2D eigenvalue weighted by Gasteiger charge is -2.44. The van der Waals surface area contributed by atoms with Crippen LogP contribution in [0, 0.1) is 0 Å². The number of aryl methyl sites for hydroxylation is 1. The van der Waals surface area contributed by atoms with Crippen LogP contribution in [-0.4, -0.2) is 64.7 Å². The number of rotatable bonds is 5. The monoisotopic (exact) mass is 500 g/mol. The van der Waals surface area contributed by atoms with Crippen LogP contribution in [0.1, 0.15) is 36.5 Å². The Hall–Kier alpha value is -3.45. The predicted octanol–water partition coefficient (Wildman–Crippen LogP) is 4.93. The van der Waals surface area contributed by atoms with E-state index in [4.69, 9.17) is 9.47 Å². The number of benzene rings is 2. The number of nitrogens with zero attached hydrogens (tertiary/aromatic N) is 4. The number of piperidine rings is 1. The van der Waals surface area contributed by atoms with E-state index in [1.165, 1.54) is 22.2 Å². The molecule has 3 aromatic rings. The normalized spacial score (nSPS) is 19.1. The maximum absolute atomic E-state index is 13.8. The summed E-state index contributed by atoms with van der Waals surface area (Å²) in [6.45, 7) is 6.22. The van der Waals surface area contributed by atoms with Crippen molar-refractivity contribution in [2.24, 2.45) is 7.05 Å². The molecule has 3 aliphatic rings. The molecule has 7 nitrogen and oxygen atoms in total. The smallest absolute Gasteiger partial charge is 0.325 e. The van der Waals surface area contributed by atoms with Gasteiger partial charge >= 0.3 is 6.03 Å². The van der Waals surface area contributed by atoms with Gasteiger partial charge < -0.3 is 18.9 Å². The molecule has 0 radical (unpaired) electrons. The zero-order valence-corrected chi connectivity index (χ0v) is 22.3. The van der Waals surface area contributed by atoms with Gasteiger partial charge in [0.15, 0.2) is 0 Å². The molecule has 2 aromatic carbocycles. The molecule has 0 N–H and O–H groups in total. The molecule has 194 valence electrons. The average molecular weight is 501 g/mol. The van der Waals surface area contributed by atoms with E-state index < -0.39 is 0 Å². The molecule has 2 saturated heterocycles. The Labute approximate surface area is 218 Å². The second kappa shape index (κ2) is 9.14. The van der Waals surface area contributed by atoms with Crippen molar-refractivity contribution in [1.82, 2.24) is 19.3 Å². The molecule has 3 aliphatic heterocycles. The second-order valence-corrected chi connectivity index (χ2v) is 10.5. The van der Waals surface area contributed by atoms with E-state index in [0.717, 1.165) is 61.5 Å². The van der Waals surface area contributed by atoms with Crippen molar-refractivity contribution in [2.45, 2.75) is 44.8 Å². The molecule has 1 aromatic heterocycles. The van der Waals surface area contributed by atoms with E-state index in [2.05, 4.69) is 70.9 Å². The van der Waals surface area contributed by atoms with E-state index in [1.54, 1.807) is 14.2 Å². The first-order valence-corrected chi connectivity index (χ1v) is 13.3. The highest BCUT2D eigenvalue weighted by Crippen LogP contribution is 2.47. The highest BCUT2D eigenvalue weighted by Gasteiger charge is 2.54. The third-order valence-corrected chi connectivity index (χ3v) is 8.68. The molecule has 7 heteroatoms. The Morgan fingerprint density at radius 2 is 1.84 bits per heavy atom. The van der Waals surface area contributed by atoms with Gasteiger partial charge in [-0.1, -0.05) is 24.3 Å². The van der Waals surface area contributed by atoms with Gasteiger partial charge in [0, 0.05) is 67.7 Å². The number of hydrogen-bond acceptors (Lipinski definition) is 4. The van der Waals surface area contributed by atoms with Gasteiger partial charge in [-0.05, 0) is 49.4 Å². The highest BCUT2D eigenvalue weighted by atomic mass is 16.5. The first kappa shape index (κ1) is 23.9. The highest BCUT2D eigenvalue weighted by molar-refractivity contribution is 5.84. The van der Waals surface area contributed by atoms with Gasteiger partial charge in [-0.15, -0.1) is 0 Å². The SMILES string of the molecule is CCN1C(=O)N2Cc3cc(OC)cc(OC)c3CC=C2C12CCN(Cc1cn(C)c3ccccc13)CC2. The van der Waals surface area contributed by atoms with Crippen molar-refractivity contribution in [1.29, 1.82) is 0 Å². The number of fused-ring (bicyclic) bond motifs is 4. The second-order valence-electron chi connectivity index (χ2n) is 10.5. The van der Waals surface area contributed by atoms with Gasteiger partial charge in [0.05, 0.1) is 26.3 Å². The number of likely N-dealkylation sites (tertiary alicyclic amines) is 1. The first-order valence-electron chi connectivity index (χ1n) is 13.3. The van der Waals surface area contributed by atoms with Crippen molar-refractivity contribution >= 4 is 16.9 Å². The maximum atomic E-state index is 13.8. The lowest BCUT2D eigenvalue weighted by Crippen LogP contribution is -2.53. The van der Waals surface area contributed by atoms with Crippen molar-refractivity contribution in [2.75, 3.05) is 33.9 Å². The van der Waals surface area contributed by atoms with Crippen molar-refractivity contribution < 1.29 is 14.3 Å². The van der Waals surface area contributed by atoms with Crippen molar-refractivity contribution in [3.63, 3.8) is 0 Å². The minimum absolute atomic E-state index is 0.117. The van der Waals surface area contributed by atoms with Crippen LogP contribution in [0.4, 0.5) is 4.79 Å².